The lowest BCUT2D eigenvalue weighted by atomic mass is 10.1. The van der Waals surface area contributed by atoms with Gasteiger partial charge in [-0.25, -0.2) is 0 Å². The molecule has 0 radical (unpaired) electrons. The molecule has 0 bridgehead atoms. The molecule has 1 aliphatic heterocycles. The van der Waals surface area contributed by atoms with E-state index in [0.717, 1.165) is 38.2 Å². The van der Waals surface area contributed by atoms with Crippen LogP contribution in [0.2, 0.25) is 0 Å². The molecule has 0 spiro atoms. The molecule has 1 heterocycles. The zero-order chi connectivity index (χ0) is 18.0. The third kappa shape index (κ3) is 5.88. The largest absolute Gasteiger partial charge is 0.372 e. The second-order valence-electron chi connectivity index (χ2n) is 6.91. The number of rotatable bonds is 8. The van der Waals surface area contributed by atoms with Gasteiger partial charge in [0.25, 0.3) is 0 Å². The number of hydrogen-bond donors (Lipinski definition) is 2. The minimum absolute atomic E-state index is 0.00966. The number of amides is 1. The van der Waals surface area contributed by atoms with Gasteiger partial charge < -0.3 is 15.5 Å². The van der Waals surface area contributed by atoms with Gasteiger partial charge in [0.15, 0.2) is 0 Å². The maximum absolute atomic E-state index is 12.0. The molecule has 3 rings (SSSR count). The lowest BCUT2D eigenvalue weighted by molar-refractivity contribution is -0.115. The standard InChI is InChI=1S/C22H29N3O/c26-22(18-23-15-7-10-19-8-3-1-4-9-19)24-20-11-13-21(14-12-20)25-16-5-2-6-17-25/h1,3-4,8-9,11-14,23H,2,5-7,10,15-18H2,(H,24,26). The van der Waals surface area contributed by atoms with Crippen molar-refractivity contribution >= 4 is 17.3 Å². The van der Waals surface area contributed by atoms with Crippen molar-refractivity contribution < 1.29 is 4.79 Å². The molecule has 0 unspecified atom stereocenters. The van der Waals surface area contributed by atoms with Crippen molar-refractivity contribution in [3.63, 3.8) is 0 Å². The Balaban J connectivity index is 1.34. The third-order valence-electron chi connectivity index (χ3n) is 4.82. The van der Waals surface area contributed by atoms with E-state index >= 15 is 0 Å². The molecule has 0 aliphatic carbocycles. The zero-order valence-electron chi connectivity index (χ0n) is 15.4. The van der Waals surface area contributed by atoms with E-state index in [9.17, 15) is 4.79 Å². The maximum atomic E-state index is 12.0. The van der Waals surface area contributed by atoms with Crippen molar-refractivity contribution in [1.82, 2.24) is 5.32 Å². The summed E-state index contributed by atoms with van der Waals surface area (Å²) in [7, 11) is 0. The molecule has 4 heteroatoms. The Hall–Kier alpha value is -2.33. The summed E-state index contributed by atoms with van der Waals surface area (Å²) in [6, 6.07) is 18.6. The summed E-state index contributed by atoms with van der Waals surface area (Å²) in [6.07, 6.45) is 5.95. The second kappa shape index (κ2) is 9.97. The first-order chi connectivity index (χ1) is 12.8. The Morgan fingerprint density at radius 3 is 2.38 bits per heavy atom. The molecule has 2 aromatic carbocycles. The van der Waals surface area contributed by atoms with E-state index in [-0.39, 0.29) is 5.91 Å². The van der Waals surface area contributed by atoms with Crippen LogP contribution in [0.1, 0.15) is 31.2 Å². The smallest absolute Gasteiger partial charge is 0.238 e. The summed E-state index contributed by atoms with van der Waals surface area (Å²) in [5, 5.41) is 6.18. The highest BCUT2D eigenvalue weighted by atomic mass is 16.1. The predicted molar refractivity (Wildman–Crippen MR) is 109 cm³/mol. The highest BCUT2D eigenvalue weighted by Crippen LogP contribution is 2.21. The third-order valence-corrected chi connectivity index (χ3v) is 4.82. The molecule has 0 atom stereocenters. The fraction of sp³-hybridized carbons (Fsp3) is 0.409. The van der Waals surface area contributed by atoms with Gasteiger partial charge in [0, 0.05) is 24.5 Å². The van der Waals surface area contributed by atoms with E-state index in [2.05, 4.69) is 51.9 Å². The Labute approximate surface area is 156 Å². The van der Waals surface area contributed by atoms with Crippen molar-refractivity contribution in [1.29, 1.82) is 0 Å². The fourth-order valence-electron chi connectivity index (χ4n) is 3.38. The van der Waals surface area contributed by atoms with Gasteiger partial charge in [-0.15, -0.1) is 0 Å². The lowest BCUT2D eigenvalue weighted by Crippen LogP contribution is -2.29. The van der Waals surface area contributed by atoms with Gasteiger partial charge in [-0.05, 0) is 68.5 Å². The molecule has 1 fully saturated rings. The topological polar surface area (TPSA) is 44.4 Å². The van der Waals surface area contributed by atoms with Crippen LogP contribution in [0.3, 0.4) is 0 Å². The average molecular weight is 351 g/mol. The summed E-state index contributed by atoms with van der Waals surface area (Å²) in [6.45, 7) is 3.47. The van der Waals surface area contributed by atoms with Crippen molar-refractivity contribution in [2.45, 2.75) is 32.1 Å². The Bertz CT molecular complexity index is 664. The van der Waals surface area contributed by atoms with Gasteiger partial charge in [0.1, 0.15) is 0 Å². The number of anilines is 2. The maximum Gasteiger partial charge on any atom is 0.238 e. The quantitative estimate of drug-likeness (QED) is 0.710. The number of carbonyl (C=O) groups excluding carboxylic acids is 1. The Morgan fingerprint density at radius 1 is 0.923 bits per heavy atom. The summed E-state index contributed by atoms with van der Waals surface area (Å²) in [5.41, 5.74) is 3.45. The first-order valence-electron chi connectivity index (χ1n) is 9.71. The highest BCUT2D eigenvalue weighted by Gasteiger charge is 2.10. The number of nitrogens with zero attached hydrogens (tertiary/aromatic N) is 1. The van der Waals surface area contributed by atoms with Crippen LogP contribution >= 0.6 is 0 Å². The first kappa shape index (κ1) is 18.5. The molecular formula is C22H29N3O. The van der Waals surface area contributed by atoms with Crippen LogP contribution in [0.4, 0.5) is 11.4 Å². The van der Waals surface area contributed by atoms with Gasteiger partial charge in [0.05, 0.1) is 6.54 Å². The van der Waals surface area contributed by atoms with Crippen molar-refractivity contribution in [2.75, 3.05) is 36.4 Å². The van der Waals surface area contributed by atoms with Crippen molar-refractivity contribution in [2.24, 2.45) is 0 Å². The summed E-state index contributed by atoms with van der Waals surface area (Å²) in [4.78, 5) is 14.5. The van der Waals surface area contributed by atoms with E-state index < -0.39 is 0 Å². The summed E-state index contributed by atoms with van der Waals surface area (Å²) >= 11 is 0. The van der Waals surface area contributed by atoms with Crippen LogP contribution < -0.4 is 15.5 Å². The van der Waals surface area contributed by atoms with E-state index in [1.54, 1.807) is 0 Å². The number of carbonyl (C=O) groups is 1. The molecule has 0 saturated carbocycles. The minimum Gasteiger partial charge on any atom is -0.372 e. The molecule has 1 saturated heterocycles. The lowest BCUT2D eigenvalue weighted by Gasteiger charge is -2.28. The van der Waals surface area contributed by atoms with Crippen LogP contribution in [-0.2, 0) is 11.2 Å². The molecule has 2 N–H and O–H groups in total. The number of benzene rings is 2. The average Bonchev–Trinajstić information content (AvgIpc) is 2.70. The van der Waals surface area contributed by atoms with Gasteiger partial charge >= 0.3 is 0 Å². The monoisotopic (exact) mass is 351 g/mol. The van der Waals surface area contributed by atoms with Crippen LogP contribution in [0.15, 0.2) is 54.6 Å². The van der Waals surface area contributed by atoms with Gasteiger partial charge in [0.2, 0.25) is 5.91 Å². The van der Waals surface area contributed by atoms with Crippen LogP contribution in [0, 0.1) is 0 Å². The molecular weight excluding hydrogens is 322 g/mol. The van der Waals surface area contributed by atoms with Crippen LogP contribution in [-0.4, -0.2) is 32.1 Å². The van der Waals surface area contributed by atoms with E-state index in [0.29, 0.717) is 6.54 Å². The van der Waals surface area contributed by atoms with E-state index in [4.69, 9.17) is 0 Å². The fourth-order valence-corrected chi connectivity index (χ4v) is 3.38. The zero-order valence-corrected chi connectivity index (χ0v) is 15.4. The number of piperidine rings is 1. The second-order valence-corrected chi connectivity index (χ2v) is 6.91. The van der Waals surface area contributed by atoms with Gasteiger partial charge in [-0.2, -0.15) is 0 Å². The molecule has 2 aromatic rings. The summed E-state index contributed by atoms with van der Waals surface area (Å²) < 4.78 is 0. The number of aryl methyl sites for hydroxylation is 1. The van der Waals surface area contributed by atoms with Crippen LogP contribution in [0.25, 0.3) is 0 Å². The number of hydrogen-bond acceptors (Lipinski definition) is 3. The van der Waals surface area contributed by atoms with E-state index in [1.807, 2.05) is 18.2 Å². The first-order valence-corrected chi connectivity index (χ1v) is 9.71. The Morgan fingerprint density at radius 2 is 1.65 bits per heavy atom. The van der Waals surface area contributed by atoms with Gasteiger partial charge in [-0.1, -0.05) is 30.3 Å². The molecule has 0 aromatic heterocycles. The van der Waals surface area contributed by atoms with Gasteiger partial charge in [-0.3, -0.25) is 4.79 Å². The number of nitrogens with one attached hydrogen (secondary N) is 2. The molecule has 26 heavy (non-hydrogen) atoms. The van der Waals surface area contributed by atoms with Crippen molar-refractivity contribution in [3.05, 3.63) is 60.2 Å². The summed E-state index contributed by atoms with van der Waals surface area (Å²) in [5.74, 6) is 0.00966. The van der Waals surface area contributed by atoms with E-state index in [1.165, 1.54) is 30.5 Å². The SMILES string of the molecule is O=C(CNCCCc1ccccc1)Nc1ccc(N2CCCCC2)cc1. The van der Waals surface area contributed by atoms with Crippen molar-refractivity contribution in [3.8, 4) is 0 Å². The molecule has 1 amide bonds. The Kier molecular flexibility index (Phi) is 7.08. The molecule has 138 valence electrons. The molecule has 4 nitrogen and oxygen atoms in total. The predicted octanol–water partition coefficient (Wildman–Crippen LogP) is 3.84. The molecule has 1 aliphatic rings. The normalized spacial score (nSPS) is 14.2. The minimum atomic E-state index is 0.00966. The highest BCUT2D eigenvalue weighted by molar-refractivity contribution is 5.92. The van der Waals surface area contributed by atoms with Crippen LogP contribution in [0.5, 0.6) is 0 Å².